The van der Waals surface area contributed by atoms with E-state index in [1.165, 1.54) is 0 Å². The number of pyridine rings is 1. The molecule has 0 saturated heterocycles. The number of likely N-dealkylation sites (N-methyl/N-ethyl adjacent to an activating group) is 1. The third kappa shape index (κ3) is 3.31. The average molecular weight is 334 g/mol. The maximum atomic E-state index is 11.6. The van der Waals surface area contributed by atoms with Crippen molar-refractivity contribution in [3.05, 3.63) is 59.9 Å². The molecule has 0 aliphatic carbocycles. The van der Waals surface area contributed by atoms with Crippen molar-refractivity contribution in [1.82, 2.24) is 20.1 Å². The lowest BCUT2D eigenvalue weighted by Gasteiger charge is -2.09. The summed E-state index contributed by atoms with van der Waals surface area (Å²) in [5.74, 6) is 0.00633. The standard InChI is InChI=1S/C20H22N4O/c1-5-8-24-14(3)17(12-22-24)19-9-13(2)16-10-15(11-20(25)21-4)6-7-18(16)23-19/h5-7,9-10,12H,1,8,11H2,2-4H3,(H,21,25). The minimum Gasteiger partial charge on any atom is -0.359 e. The summed E-state index contributed by atoms with van der Waals surface area (Å²) in [6.45, 7) is 8.56. The molecule has 5 nitrogen and oxygen atoms in total. The monoisotopic (exact) mass is 334 g/mol. The highest BCUT2D eigenvalue weighted by Gasteiger charge is 2.12. The fraction of sp³-hybridized carbons (Fsp3) is 0.250. The number of aromatic nitrogens is 3. The van der Waals surface area contributed by atoms with E-state index in [2.05, 4.69) is 30.0 Å². The van der Waals surface area contributed by atoms with Crippen molar-refractivity contribution in [3.63, 3.8) is 0 Å². The number of rotatable bonds is 5. The molecule has 2 heterocycles. The molecule has 0 aliphatic heterocycles. The van der Waals surface area contributed by atoms with E-state index in [1.807, 2.05) is 42.1 Å². The highest BCUT2D eigenvalue weighted by atomic mass is 16.1. The fourth-order valence-electron chi connectivity index (χ4n) is 2.97. The summed E-state index contributed by atoms with van der Waals surface area (Å²) in [5.41, 5.74) is 6.06. The van der Waals surface area contributed by atoms with E-state index in [1.54, 1.807) is 7.05 Å². The second kappa shape index (κ2) is 6.89. The number of amides is 1. The third-order valence-electron chi connectivity index (χ3n) is 4.40. The predicted octanol–water partition coefficient (Wildman–Crippen LogP) is 3.19. The number of hydrogen-bond acceptors (Lipinski definition) is 3. The molecule has 0 radical (unpaired) electrons. The highest BCUT2D eigenvalue weighted by molar-refractivity contribution is 5.87. The van der Waals surface area contributed by atoms with Crippen LogP contribution in [0.15, 0.2) is 43.1 Å². The van der Waals surface area contributed by atoms with Crippen LogP contribution in [0.5, 0.6) is 0 Å². The van der Waals surface area contributed by atoms with Crippen LogP contribution in [-0.2, 0) is 17.8 Å². The number of allylic oxidation sites excluding steroid dienone is 1. The van der Waals surface area contributed by atoms with Crippen molar-refractivity contribution in [2.45, 2.75) is 26.8 Å². The summed E-state index contributed by atoms with van der Waals surface area (Å²) in [7, 11) is 1.65. The molecule has 25 heavy (non-hydrogen) atoms. The first-order chi connectivity index (χ1) is 12.0. The Kier molecular flexibility index (Phi) is 4.65. The van der Waals surface area contributed by atoms with Gasteiger partial charge in [-0.15, -0.1) is 6.58 Å². The van der Waals surface area contributed by atoms with Crippen LogP contribution >= 0.6 is 0 Å². The van der Waals surface area contributed by atoms with Crippen molar-refractivity contribution < 1.29 is 4.79 Å². The van der Waals surface area contributed by atoms with Gasteiger partial charge in [0.15, 0.2) is 0 Å². The SMILES string of the molecule is C=CCn1ncc(-c2cc(C)c3cc(CC(=O)NC)ccc3n2)c1C. The van der Waals surface area contributed by atoms with Crippen molar-refractivity contribution >= 4 is 16.8 Å². The smallest absolute Gasteiger partial charge is 0.224 e. The first-order valence-corrected chi connectivity index (χ1v) is 8.28. The quantitative estimate of drug-likeness (QED) is 0.729. The molecule has 0 unspecified atom stereocenters. The molecular weight excluding hydrogens is 312 g/mol. The van der Waals surface area contributed by atoms with Gasteiger partial charge in [-0.05, 0) is 43.2 Å². The fourth-order valence-corrected chi connectivity index (χ4v) is 2.97. The van der Waals surface area contributed by atoms with Crippen LogP contribution in [0.25, 0.3) is 22.2 Å². The second-order valence-electron chi connectivity index (χ2n) is 6.14. The molecule has 0 saturated carbocycles. The molecule has 1 amide bonds. The molecule has 0 spiro atoms. The first kappa shape index (κ1) is 16.9. The van der Waals surface area contributed by atoms with E-state index in [0.29, 0.717) is 13.0 Å². The molecule has 0 bridgehead atoms. The molecular formula is C20H22N4O. The second-order valence-corrected chi connectivity index (χ2v) is 6.14. The zero-order valence-electron chi connectivity index (χ0n) is 14.8. The van der Waals surface area contributed by atoms with Crippen molar-refractivity contribution in [1.29, 1.82) is 0 Å². The van der Waals surface area contributed by atoms with Crippen molar-refractivity contribution in [2.75, 3.05) is 7.05 Å². The molecule has 2 aromatic heterocycles. The van der Waals surface area contributed by atoms with E-state index in [4.69, 9.17) is 4.98 Å². The topological polar surface area (TPSA) is 59.8 Å². The molecule has 1 aromatic carbocycles. The summed E-state index contributed by atoms with van der Waals surface area (Å²) in [6.07, 6.45) is 4.06. The van der Waals surface area contributed by atoms with Gasteiger partial charge in [0.1, 0.15) is 0 Å². The van der Waals surface area contributed by atoms with Gasteiger partial charge >= 0.3 is 0 Å². The van der Waals surface area contributed by atoms with E-state index < -0.39 is 0 Å². The number of carbonyl (C=O) groups excluding carboxylic acids is 1. The lowest BCUT2D eigenvalue weighted by atomic mass is 10.0. The van der Waals surface area contributed by atoms with Crippen LogP contribution in [0.1, 0.15) is 16.8 Å². The normalized spacial score (nSPS) is 10.8. The van der Waals surface area contributed by atoms with Gasteiger partial charge in [0.2, 0.25) is 5.91 Å². The molecule has 0 fully saturated rings. The van der Waals surface area contributed by atoms with E-state index >= 15 is 0 Å². The van der Waals surface area contributed by atoms with Gasteiger partial charge < -0.3 is 5.32 Å². The van der Waals surface area contributed by atoms with Crippen molar-refractivity contribution in [3.8, 4) is 11.3 Å². The zero-order valence-corrected chi connectivity index (χ0v) is 14.8. The van der Waals surface area contributed by atoms with Crippen molar-refractivity contribution in [2.24, 2.45) is 0 Å². The number of hydrogen-bond donors (Lipinski definition) is 1. The maximum Gasteiger partial charge on any atom is 0.224 e. The number of nitrogens with zero attached hydrogens (tertiary/aromatic N) is 3. The Labute approximate surface area is 147 Å². The largest absolute Gasteiger partial charge is 0.359 e. The molecule has 3 aromatic rings. The summed E-state index contributed by atoms with van der Waals surface area (Å²) in [4.78, 5) is 16.4. The van der Waals surface area contributed by atoms with Crippen LogP contribution in [0.2, 0.25) is 0 Å². The van der Waals surface area contributed by atoms with Gasteiger partial charge in [0.25, 0.3) is 0 Å². The third-order valence-corrected chi connectivity index (χ3v) is 4.40. The maximum absolute atomic E-state index is 11.6. The number of carbonyl (C=O) groups is 1. The Bertz CT molecular complexity index is 956. The van der Waals surface area contributed by atoms with E-state index in [-0.39, 0.29) is 5.91 Å². The zero-order chi connectivity index (χ0) is 18.0. The Balaban J connectivity index is 2.04. The van der Waals surface area contributed by atoms with Crippen LogP contribution in [0.4, 0.5) is 0 Å². The lowest BCUT2D eigenvalue weighted by molar-refractivity contribution is -0.119. The van der Waals surface area contributed by atoms with E-state index in [0.717, 1.165) is 39.0 Å². The summed E-state index contributed by atoms with van der Waals surface area (Å²) < 4.78 is 1.91. The number of nitrogens with one attached hydrogen (secondary N) is 1. The Morgan fingerprint density at radius 2 is 2.12 bits per heavy atom. The Morgan fingerprint density at radius 3 is 2.84 bits per heavy atom. The minimum absolute atomic E-state index is 0.00633. The van der Waals surface area contributed by atoms with Gasteiger partial charge in [0, 0.05) is 23.7 Å². The van der Waals surface area contributed by atoms with Crippen LogP contribution in [-0.4, -0.2) is 27.7 Å². The molecule has 128 valence electrons. The van der Waals surface area contributed by atoms with Gasteiger partial charge in [0.05, 0.1) is 30.4 Å². The number of aryl methyl sites for hydroxylation is 1. The van der Waals surface area contributed by atoms with Gasteiger partial charge in [-0.1, -0.05) is 12.1 Å². The van der Waals surface area contributed by atoms with Gasteiger partial charge in [-0.25, -0.2) is 4.98 Å². The lowest BCUT2D eigenvalue weighted by Crippen LogP contribution is -2.19. The Hall–Kier alpha value is -2.95. The highest BCUT2D eigenvalue weighted by Crippen LogP contribution is 2.27. The number of benzene rings is 1. The van der Waals surface area contributed by atoms with Crippen LogP contribution in [0, 0.1) is 13.8 Å². The first-order valence-electron chi connectivity index (χ1n) is 8.28. The summed E-state index contributed by atoms with van der Waals surface area (Å²) in [5, 5.41) is 8.13. The summed E-state index contributed by atoms with van der Waals surface area (Å²) >= 11 is 0. The Morgan fingerprint density at radius 1 is 1.32 bits per heavy atom. The van der Waals surface area contributed by atoms with Gasteiger partial charge in [-0.2, -0.15) is 5.10 Å². The van der Waals surface area contributed by atoms with E-state index in [9.17, 15) is 4.79 Å². The molecule has 3 rings (SSSR count). The van der Waals surface area contributed by atoms with Gasteiger partial charge in [-0.3, -0.25) is 9.48 Å². The van der Waals surface area contributed by atoms with Crippen LogP contribution < -0.4 is 5.32 Å². The molecule has 0 aliphatic rings. The molecule has 1 N–H and O–H groups in total. The molecule has 0 atom stereocenters. The summed E-state index contributed by atoms with van der Waals surface area (Å²) in [6, 6.07) is 8.06. The minimum atomic E-state index is 0.00633. The average Bonchev–Trinajstić information content (AvgIpc) is 2.96. The number of fused-ring (bicyclic) bond motifs is 1. The van der Waals surface area contributed by atoms with Crippen LogP contribution in [0.3, 0.4) is 0 Å². The molecule has 5 heteroatoms. The predicted molar refractivity (Wildman–Crippen MR) is 100 cm³/mol.